The van der Waals surface area contributed by atoms with Gasteiger partial charge in [-0.3, -0.25) is 4.98 Å². The third-order valence-electron chi connectivity index (χ3n) is 2.89. The lowest BCUT2D eigenvalue weighted by molar-refractivity contribution is 0.414. The molecule has 0 amide bonds. The smallest absolute Gasteiger partial charge is 0.146 e. The van der Waals surface area contributed by atoms with Crippen molar-refractivity contribution in [2.75, 3.05) is 19.5 Å². The maximum Gasteiger partial charge on any atom is 0.146 e. The van der Waals surface area contributed by atoms with Crippen molar-refractivity contribution >= 4 is 5.82 Å². The first-order valence-electron chi connectivity index (χ1n) is 6.52. The lowest BCUT2D eigenvalue weighted by Gasteiger charge is -2.18. The molecule has 0 spiro atoms. The molecule has 20 heavy (non-hydrogen) atoms. The van der Waals surface area contributed by atoms with Crippen molar-refractivity contribution in [1.29, 1.82) is 0 Å². The van der Waals surface area contributed by atoms with Crippen LogP contribution in [0.15, 0.2) is 24.4 Å². The molecule has 2 aromatic heterocycles. The quantitative estimate of drug-likeness (QED) is 0.931. The van der Waals surface area contributed by atoms with E-state index in [-0.39, 0.29) is 5.41 Å². The van der Waals surface area contributed by atoms with E-state index in [9.17, 15) is 0 Å². The Bertz CT molecular complexity index is 605. The largest absolute Gasteiger partial charge is 0.494 e. The van der Waals surface area contributed by atoms with Gasteiger partial charge in [0.15, 0.2) is 0 Å². The monoisotopic (exact) mass is 272 g/mol. The van der Waals surface area contributed by atoms with Gasteiger partial charge in [0, 0.05) is 24.7 Å². The van der Waals surface area contributed by atoms with Crippen molar-refractivity contribution in [3.63, 3.8) is 0 Å². The average Bonchev–Trinajstić information content (AvgIpc) is 2.45. The van der Waals surface area contributed by atoms with E-state index in [1.165, 1.54) is 0 Å². The summed E-state index contributed by atoms with van der Waals surface area (Å²) in [6, 6.07) is 5.59. The highest BCUT2D eigenvalue weighted by Crippen LogP contribution is 2.29. The molecule has 2 aromatic rings. The normalized spacial score (nSPS) is 11.2. The molecule has 1 N–H and O–H groups in total. The van der Waals surface area contributed by atoms with Gasteiger partial charge in [0.2, 0.25) is 0 Å². The lowest BCUT2D eigenvalue weighted by atomic mass is 9.95. The Balaban J connectivity index is 2.62. The molecule has 0 unspecified atom stereocenters. The highest BCUT2D eigenvalue weighted by molar-refractivity contribution is 5.65. The summed E-state index contributed by atoms with van der Waals surface area (Å²) in [7, 11) is 3.47. The van der Waals surface area contributed by atoms with Crippen LogP contribution in [0.3, 0.4) is 0 Å². The van der Waals surface area contributed by atoms with Crippen LogP contribution in [0.5, 0.6) is 5.75 Å². The standard InChI is InChI=1S/C15H20N4O/c1-15(2,3)14-18-10(9-12(16-4)19-14)13-11(20-5)7-6-8-17-13/h6-9H,1-5H3,(H,16,18,19). The van der Waals surface area contributed by atoms with Gasteiger partial charge in [-0.2, -0.15) is 0 Å². The first kappa shape index (κ1) is 14.2. The minimum absolute atomic E-state index is 0.135. The first-order chi connectivity index (χ1) is 9.45. The molecule has 5 heteroatoms. The van der Waals surface area contributed by atoms with E-state index in [2.05, 4.69) is 41.0 Å². The van der Waals surface area contributed by atoms with Gasteiger partial charge in [0.25, 0.3) is 0 Å². The van der Waals surface area contributed by atoms with Crippen molar-refractivity contribution in [2.24, 2.45) is 0 Å². The predicted molar refractivity (Wildman–Crippen MR) is 80.1 cm³/mol. The van der Waals surface area contributed by atoms with E-state index in [1.54, 1.807) is 13.3 Å². The Morgan fingerprint density at radius 3 is 2.55 bits per heavy atom. The molecular formula is C15H20N4O. The van der Waals surface area contributed by atoms with Crippen molar-refractivity contribution in [2.45, 2.75) is 26.2 Å². The SMILES string of the molecule is CNc1cc(-c2ncccc2OC)nc(C(C)(C)C)n1. The lowest BCUT2D eigenvalue weighted by Crippen LogP contribution is -2.17. The second kappa shape index (κ2) is 5.45. The second-order valence-corrected chi connectivity index (χ2v) is 5.52. The van der Waals surface area contributed by atoms with Crippen LogP contribution in [-0.2, 0) is 5.41 Å². The summed E-state index contributed by atoms with van der Waals surface area (Å²) in [5.41, 5.74) is 1.34. The molecule has 0 aliphatic carbocycles. The molecular weight excluding hydrogens is 252 g/mol. The zero-order chi connectivity index (χ0) is 14.8. The molecule has 0 saturated heterocycles. The Kier molecular flexibility index (Phi) is 3.88. The summed E-state index contributed by atoms with van der Waals surface area (Å²) in [6.07, 6.45) is 1.73. The van der Waals surface area contributed by atoms with Crippen LogP contribution in [0.1, 0.15) is 26.6 Å². The van der Waals surface area contributed by atoms with Gasteiger partial charge < -0.3 is 10.1 Å². The number of anilines is 1. The molecule has 0 bridgehead atoms. The van der Waals surface area contributed by atoms with Crippen molar-refractivity contribution in [3.8, 4) is 17.1 Å². The fourth-order valence-corrected chi connectivity index (χ4v) is 1.78. The van der Waals surface area contributed by atoms with Gasteiger partial charge in [0.05, 0.1) is 12.8 Å². The molecule has 0 radical (unpaired) electrons. The average molecular weight is 272 g/mol. The molecule has 5 nitrogen and oxygen atoms in total. The summed E-state index contributed by atoms with van der Waals surface area (Å²) in [6.45, 7) is 6.25. The fourth-order valence-electron chi connectivity index (χ4n) is 1.78. The molecule has 0 aliphatic rings. The van der Waals surface area contributed by atoms with E-state index in [4.69, 9.17) is 4.74 Å². The second-order valence-electron chi connectivity index (χ2n) is 5.52. The number of aromatic nitrogens is 3. The Hall–Kier alpha value is -2.17. The number of hydrogen-bond donors (Lipinski definition) is 1. The molecule has 0 atom stereocenters. The topological polar surface area (TPSA) is 59.9 Å². The van der Waals surface area contributed by atoms with Crippen molar-refractivity contribution in [1.82, 2.24) is 15.0 Å². The molecule has 0 aromatic carbocycles. The van der Waals surface area contributed by atoms with Crippen LogP contribution < -0.4 is 10.1 Å². The highest BCUT2D eigenvalue weighted by atomic mass is 16.5. The van der Waals surface area contributed by atoms with Gasteiger partial charge in [-0.1, -0.05) is 20.8 Å². The number of nitrogens with zero attached hydrogens (tertiary/aromatic N) is 3. The van der Waals surface area contributed by atoms with Crippen LogP contribution in [0, 0.1) is 0 Å². The number of methoxy groups -OCH3 is 1. The Morgan fingerprint density at radius 2 is 1.95 bits per heavy atom. The van der Waals surface area contributed by atoms with Gasteiger partial charge >= 0.3 is 0 Å². The first-order valence-corrected chi connectivity index (χ1v) is 6.52. The number of hydrogen-bond acceptors (Lipinski definition) is 5. The maximum atomic E-state index is 5.36. The van der Waals surface area contributed by atoms with E-state index in [1.807, 2.05) is 25.2 Å². The van der Waals surface area contributed by atoms with Gasteiger partial charge in [-0.05, 0) is 12.1 Å². The van der Waals surface area contributed by atoms with Crippen molar-refractivity contribution in [3.05, 3.63) is 30.2 Å². The van der Waals surface area contributed by atoms with E-state index < -0.39 is 0 Å². The van der Waals surface area contributed by atoms with Crippen LogP contribution in [-0.4, -0.2) is 29.1 Å². The Morgan fingerprint density at radius 1 is 1.20 bits per heavy atom. The zero-order valence-electron chi connectivity index (χ0n) is 12.6. The zero-order valence-corrected chi connectivity index (χ0v) is 12.6. The minimum Gasteiger partial charge on any atom is -0.494 e. The predicted octanol–water partition coefficient (Wildman–Crippen LogP) is 2.89. The van der Waals surface area contributed by atoms with Crippen LogP contribution in [0.25, 0.3) is 11.4 Å². The Labute approximate surface area is 119 Å². The summed E-state index contributed by atoms with van der Waals surface area (Å²) < 4.78 is 5.36. The van der Waals surface area contributed by atoms with Crippen LogP contribution in [0.2, 0.25) is 0 Å². The summed E-state index contributed by atoms with van der Waals surface area (Å²) in [4.78, 5) is 13.5. The van der Waals surface area contributed by atoms with Gasteiger partial charge in [-0.15, -0.1) is 0 Å². The molecule has 2 rings (SSSR count). The van der Waals surface area contributed by atoms with E-state index in [0.29, 0.717) is 5.75 Å². The third kappa shape index (κ3) is 2.87. The summed E-state index contributed by atoms with van der Waals surface area (Å²) in [5.74, 6) is 2.24. The molecule has 0 fully saturated rings. The summed E-state index contributed by atoms with van der Waals surface area (Å²) >= 11 is 0. The maximum absolute atomic E-state index is 5.36. The molecule has 0 saturated carbocycles. The van der Waals surface area contributed by atoms with Gasteiger partial charge in [-0.25, -0.2) is 9.97 Å². The van der Waals surface area contributed by atoms with E-state index in [0.717, 1.165) is 23.0 Å². The van der Waals surface area contributed by atoms with Gasteiger partial charge in [0.1, 0.15) is 23.1 Å². The number of ether oxygens (including phenoxy) is 1. The number of pyridine rings is 1. The molecule has 0 aliphatic heterocycles. The molecule has 106 valence electrons. The third-order valence-corrected chi connectivity index (χ3v) is 2.89. The number of nitrogens with one attached hydrogen (secondary N) is 1. The van der Waals surface area contributed by atoms with E-state index >= 15 is 0 Å². The van der Waals surface area contributed by atoms with Crippen molar-refractivity contribution < 1.29 is 4.74 Å². The highest BCUT2D eigenvalue weighted by Gasteiger charge is 2.20. The molecule has 2 heterocycles. The fraction of sp³-hybridized carbons (Fsp3) is 0.400. The summed E-state index contributed by atoms with van der Waals surface area (Å²) in [5, 5.41) is 3.07. The minimum atomic E-state index is -0.135. The van der Waals surface area contributed by atoms with Crippen LogP contribution in [0.4, 0.5) is 5.82 Å². The number of rotatable bonds is 3. The van der Waals surface area contributed by atoms with Crippen LogP contribution >= 0.6 is 0 Å².